The second-order valence-electron chi connectivity index (χ2n) is 3.89. The van der Waals surface area contributed by atoms with Gasteiger partial charge in [-0.2, -0.15) is 5.10 Å². The van der Waals surface area contributed by atoms with E-state index in [2.05, 4.69) is 21.0 Å². The van der Waals surface area contributed by atoms with Gasteiger partial charge < -0.3 is 4.90 Å². The van der Waals surface area contributed by atoms with Crippen molar-refractivity contribution < 1.29 is 4.79 Å². The maximum Gasteiger partial charge on any atom is 0.236 e. The number of carbonyl (C=O) groups is 1. The van der Waals surface area contributed by atoms with Gasteiger partial charge >= 0.3 is 0 Å². The van der Waals surface area contributed by atoms with E-state index in [0.717, 1.165) is 24.9 Å². The lowest BCUT2D eigenvalue weighted by Gasteiger charge is -2.29. The lowest BCUT2D eigenvalue weighted by atomic mass is 10.1. The number of likely N-dealkylation sites (tertiary alicyclic amines) is 1. The Morgan fingerprint density at radius 2 is 2.47 bits per heavy atom. The Morgan fingerprint density at radius 3 is 3.13 bits per heavy atom. The molecule has 0 aromatic carbocycles. The van der Waals surface area contributed by atoms with Crippen molar-refractivity contribution in [3.8, 4) is 0 Å². The monoisotopic (exact) mass is 271 g/mol. The molecule has 15 heavy (non-hydrogen) atoms. The van der Waals surface area contributed by atoms with Gasteiger partial charge in [-0.15, -0.1) is 0 Å². The quantitative estimate of drug-likeness (QED) is 0.761. The highest BCUT2D eigenvalue weighted by atomic mass is 79.9. The first-order chi connectivity index (χ1) is 7.16. The Labute approximate surface area is 97.4 Å². The highest BCUT2D eigenvalue weighted by Crippen LogP contribution is 2.19. The van der Waals surface area contributed by atoms with Crippen molar-refractivity contribution in [3.63, 3.8) is 0 Å². The number of amides is 1. The van der Waals surface area contributed by atoms with Crippen molar-refractivity contribution >= 4 is 21.8 Å². The smallest absolute Gasteiger partial charge is 0.236 e. The second-order valence-corrected chi connectivity index (χ2v) is 5.00. The number of carbonyl (C=O) groups excluding carboxylic acids is 1. The Morgan fingerprint density at radius 1 is 1.67 bits per heavy atom. The topological polar surface area (TPSA) is 38.1 Å². The van der Waals surface area contributed by atoms with Gasteiger partial charge in [-0.3, -0.25) is 9.48 Å². The van der Waals surface area contributed by atoms with Crippen molar-refractivity contribution in [2.45, 2.75) is 24.2 Å². The zero-order chi connectivity index (χ0) is 10.8. The molecule has 1 atom stereocenters. The highest BCUT2D eigenvalue weighted by Gasteiger charge is 2.26. The van der Waals surface area contributed by atoms with Crippen LogP contribution in [0, 0.1) is 0 Å². The zero-order valence-electron chi connectivity index (χ0n) is 8.69. The minimum atomic E-state index is 0.00271. The number of aromatic nitrogens is 2. The molecule has 1 fully saturated rings. The number of rotatable bonds is 2. The standard InChI is InChI=1S/C10H14BrN3O/c1-13-6-8(5-12-13)7-14-4-2-3-9(11)10(14)15/h5-6,9H,2-4,7H2,1H3. The maximum absolute atomic E-state index is 11.8. The summed E-state index contributed by atoms with van der Waals surface area (Å²) in [6.07, 6.45) is 5.78. The van der Waals surface area contributed by atoms with E-state index < -0.39 is 0 Å². The molecule has 1 saturated heterocycles. The number of hydrogen-bond donors (Lipinski definition) is 0. The van der Waals surface area contributed by atoms with Crippen LogP contribution < -0.4 is 0 Å². The van der Waals surface area contributed by atoms with Gasteiger partial charge in [-0.25, -0.2) is 0 Å². The molecule has 0 N–H and O–H groups in total. The molecule has 0 saturated carbocycles. The fraction of sp³-hybridized carbons (Fsp3) is 0.600. The molecule has 1 amide bonds. The van der Waals surface area contributed by atoms with Crippen molar-refractivity contribution in [3.05, 3.63) is 18.0 Å². The number of nitrogens with zero attached hydrogens (tertiary/aromatic N) is 3. The summed E-state index contributed by atoms with van der Waals surface area (Å²) in [5.41, 5.74) is 1.09. The number of aryl methyl sites for hydroxylation is 1. The van der Waals surface area contributed by atoms with Crippen molar-refractivity contribution in [2.24, 2.45) is 7.05 Å². The first kappa shape index (κ1) is 10.7. The third kappa shape index (κ3) is 2.40. The van der Waals surface area contributed by atoms with Crippen molar-refractivity contribution in [1.82, 2.24) is 14.7 Å². The molecule has 0 aliphatic carbocycles. The second kappa shape index (κ2) is 4.35. The van der Waals surface area contributed by atoms with Crippen LogP contribution in [0.2, 0.25) is 0 Å². The SMILES string of the molecule is Cn1cc(CN2CCCC(Br)C2=O)cn1. The predicted octanol–water partition coefficient (Wildman–Crippen LogP) is 1.31. The molecule has 1 unspecified atom stereocenters. The summed E-state index contributed by atoms with van der Waals surface area (Å²) in [5, 5.41) is 4.09. The first-order valence-electron chi connectivity index (χ1n) is 5.07. The minimum absolute atomic E-state index is 0.00271. The van der Waals surface area contributed by atoms with E-state index in [4.69, 9.17) is 0 Å². The predicted molar refractivity (Wildman–Crippen MR) is 60.6 cm³/mol. The van der Waals surface area contributed by atoms with Crippen LogP contribution in [0.15, 0.2) is 12.4 Å². The summed E-state index contributed by atoms with van der Waals surface area (Å²) < 4.78 is 1.76. The number of hydrogen-bond acceptors (Lipinski definition) is 2. The Bertz CT molecular complexity index is 363. The molecule has 82 valence electrons. The van der Waals surface area contributed by atoms with Gasteiger partial charge in [-0.05, 0) is 12.8 Å². The van der Waals surface area contributed by atoms with Crippen LogP contribution in [0.5, 0.6) is 0 Å². The van der Waals surface area contributed by atoms with Gasteiger partial charge in [0.2, 0.25) is 5.91 Å². The van der Waals surface area contributed by atoms with Crippen LogP contribution in [0.1, 0.15) is 18.4 Å². The van der Waals surface area contributed by atoms with Gasteiger partial charge in [-0.1, -0.05) is 15.9 Å². The molecule has 2 rings (SSSR count). The average Bonchev–Trinajstić information content (AvgIpc) is 2.59. The summed E-state index contributed by atoms with van der Waals surface area (Å²) in [7, 11) is 1.88. The van der Waals surface area contributed by atoms with E-state index in [1.165, 1.54) is 0 Å². The average molecular weight is 272 g/mol. The fourth-order valence-corrected chi connectivity index (χ4v) is 2.44. The summed E-state index contributed by atoms with van der Waals surface area (Å²) in [6, 6.07) is 0. The molecular weight excluding hydrogens is 258 g/mol. The minimum Gasteiger partial charge on any atom is -0.337 e. The van der Waals surface area contributed by atoms with Gasteiger partial charge in [0.25, 0.3) is 0 Å². The molecule has 0 radical (unpaired) electrons. The van der Waals surface area contributed by atoms with Crippen LogP contribution in [0.25, 0.3) is 0 Å². The van der Waals surface area contributed by atoms with E-state index in [1.807, 2.05) is 24.3 Å². The lowest BCUT2D eigenvalue weighted by molar-refractivity contribution is -0.133. The largest absolute Gasteiger partial charge is 0.337 e. The summed E-state index contributed by atoms with van der Waals surface area (Å²) in [6.45, 7) is 1.53. The number of halogens is 1. The van der Waals surface area contributed by atoms with E-state index in [9.17, 15) is 4.79 Å². The van der Waals surface area contributed by atoms with Crippen LogP contribution in [-0.2, 0) is 18.4 Å². The molecule has 1 aromatic heterocycles. The lowest BCUT2D eigenvalue weighted by Crippen LogP contribution is -2.40. The van der Waals surface area contributed by atoms with Crippen molar-refractivity contribution in [1.29, 1.82) is 0 Å². The van der Waals surface area contributed by atoms with E-state index in [-0.39, 0.29) is 10.7 Å². The molecule has 4 nitrogen and oxygen atoms in total. The first-order valence-corrected chi connectivity index (χ1v) is 5.99. The third-order valence-electron chi connectivity index (χ3n) is 2.60. The molecule has 2 heterocycles. The zero-order valence-corrected chi connectivity index (χ0v) is 10.3. The molecular formula is C10H14BrN3O. The maximum atomic E-state index is 11.8. The Hall–Kier alpha value is -0.840. The molecule has 0 spiro atoms. The fourth-order valence-electron chi connectivity index (χ4n) is 1.82. The number of alkyl halides is 1. The van der Waals surface area contributed by atoms with Crippen LogP contribution in [0.3, 0.4) is 0 Å². The molecule has 5 heteroatoms. The van der Waals surface area contributed by atoms with Crippen LogP contribution in [-0.4, -0.2) is 32.0 Å². The van der Waals surface area contributed by atoms with Gasteiger partial charge in [0.15, 0.2) is 0 Å². The van der Waals surface area contributed by atoms with Crippen LogP contribution >= 0.6 is 15.9 Å². The van der Waals surface area contributed by atoms with E-state index in [1.54, 1.807) is 4.68 Å². The molecule has 0 bridgehead atoms. The summed E-state index contributed by atoms with van der Waals surface area (Å²) >= 11 is 3.40. The van der Waals surface area contributed by atoms with Gasteiger partial charge in [0, 0.05) is 31.9 Å². The number of piperidine rings is 1. The Kier molecular flexibility index (Phi) is 3.09. The van der Waals surface area contributed by atoms with Gasteiger partial charge in [0.05, 0.1) is 11.0 Å². The Balaban J connectivity index is 2.02. The highest BCUT2D eigenvalue weighted by molar-refractivity contribution is 9.10. The molecule has 1 aromatic rings. The van der Waals surface area contributed by atoms with Crippen molar-refractivity contribution in [2.75, 3.05) is 6.54 Å². The van der Waals surface area contributed by atoms with Crippen LogP contribution in [0.4, 0.5) is 0 Å². The van der Waals surface area contributed by atoms with E-state index in [0.29, 0.717) is 6.54 Å². The normalized spacial score (nSPS) is 22.1. The van der Waals surface area contributed by atoms with Gasteiger partial charge in [0.1, 0.15) is 0 Å². The van der Waals surface area contributed by atoms with E-state index >= 15 is 0 Å². The summed E-state index contributed by atoms with van der Waals surface area (Å²) in [5.74, 6) is 0.199. The molecule has 1 aliphatic rings. The summed E-state index contributed by atoms with van der Waals surface area (Å²) in [4.78, 5) is 13.7. The molecule has 1 aliphatic heterocycles. The third-order valence-corrected chi connectivity index (χ3v) is 3.45.